The van der Waals surface area contributed by atoms with E-state index in [-0.39, 0.29) is 11.3 Å². The summed E-state index contributed by atoms with van der Waals surface area (Å²) in [5.41, 5.74) is -0.220. The summed E-state index contributed by atoms with van der Waals surface area (Å²) < 4.78 is 4.92. The number of nitrogens with zero attached hydrogens (tertiary/aromatic N) is 2. The molecule has 0 saturated carbocycles. The summed E-state index contributed by atoms with van der Waals surface area (Å²) >= 11 is 0. The molecule has 1 aromatic carbocycles. The quantitative estimate of drug-likeness (QED) is 0.593. The number of aromatic carboxylic acids is 1. The van der Waals surface area contributed by atoms with Gasteiger partial charge in [-0.25, -0.2) is 4.79 Å². The monoisotopic (exact) mass is 268 g/mol. The number of nitro groups is 1. The second-order valence-corrected chi connectivity index (χ2v) is 4.10. The summed E-state index contributed by atoms with van der Waals surface area (Å²) in [6, 6.07) is 4.27. The minimum atomic E-state index is -1.29. The predicted octanol–water partition coefficient (Wildman–Crippen LogP) is 1.37. The normalized spacial score (nSPS) is 10.7. The number of hydrogen-bond donors (Lipinski definition) is 1. The van der Waals surface area contributed by atoms with Crippen molar-refractivity contribution in [2.24, 2.45) is 0 Å². The van der Waals surface area contributed by atoms with E-state index in [1.54, 1.807) is 20.2 Å². The first-order chi connectivity index (χ1) is 8.97. The summed E-state index contributed by atoms with van der Waals surface area (Å²) in [5, 5.41) is 20.0. The Morgan fingerprint density at radius 1 is 1.53 bits per heavy atom. The molecule has 7 heteroatoms. The minimum absolute atomic E-state index is 0.253. The Balaban J connectivity index is 3.03. The van der Waals surface area contributed by atoms with E-state index >= 15 is 0 Å². The van der Waals surface area contributed by atoms with Crippen molar-refractivity contribution in [1.29, 1.82) is 0 Å². The maximum atomic E-state index is 11.2. The van der Waals surface area contributed by atoms with Crippen molar-refractivity contribution >= 4 is 11.7 Å². The van der Waals surface area contributed by atoms with E-state index in [0.29, 0.717) is 25.3 Å². The summed E-state index contributed by atoms with van der Waals surface area (Å²) in [7, 11) is 3.37. The van der Waals surface area contributed by atoms with Gasteiger partial charge >= 0.3 is 5.97 Å². The van der Waals surface area contributed by atoms with Gasteiger partial charge in [0.2, 0.25) is 0 Å². The molecule has 0 aromatic heterocycles. The van der Waals surface area contributed by atoms with Gasteiger partial charge in [0.1, 0.15) is 5.56 Å². The SMILES string of the molecule is COCCN(C)Cc1cccc([N+](=O)[O-])c1C(=O)O. The number of likely N-dealkylation sites (N-methyl/N-ethyl adjacent to an activating group) is 1. The van der Waals surface area contributed by atoms with Crippen LogP contribution in [0.4, 0.5) is 5.69 Å². The molecule has 0 aliphatic rings. The van der Waals surface area contributed by atoms with E-state index in [0.717, 1.165) is 0 Å². The molecule has 0 atom stereocenters. The van der Waals surface area contributed by atoms with Crippen LogP contribution in [0, 0.1) is 10.1 Å². The van der Waals surface area contributed by atoms with Crippen LogP contribution in [0.5, 0.6) is 0 Å². The van der Waals surface area contributed by atoms with Gasteiger partial charge in [0.25, 0.3) is 5.69 Å². The number of benzene rings is 1. The maximum absolute atomic E-state index is 11.2. The zero-order valence-electron chi connectivity index (χ0n) is 10.8. The van der Waals surface area contributed by atoms with Crippen LogP contribution in [0.1, 0.15) is 15.9 Å². The zero-order chi connectivity index (χ0) is 14.4. The Hall–Kier alpha value is -1.99. The Kier molecular flexibility index (Phi) is 5.40. The molecule has 7 nitrogen and oxygen atoms in total. The Morgan fingerprint density at radius 3 is 2.74 bits per heavy atom. The second kappa shape index (κ2) is 6.81. The Morgan fingerprint density at radius 2 is 2.21 bits per heavy atom. The fourth-order valence-corrected chi connectivity index (χ4v) is 1.73. The summed E-state index contributed by atoms with van der Waals surface area (Å²) in [4.78, 5) is 23.2. The Labute approximate surface area is 110 Å². The van der Waals surface area contributed by atoms with E-state index in [4.69, 9.17) is 9.84 Å². The van der Waals surface area contributed by atoms with Crippen LogP contribution in [-0.2, 0) is 11.3 Å². The summed E-state index contributed by atoms with van der Waals surface area (Å²) in [6.07, 6.45) is 0. The first kappa shape index (κ1) is 15.1. The smallest absolute Gasteiger partial charge is 0.343 e. The fraction of sp³-hybridized carbons (Fsp3) is 0.417. The number of ether oxygens (including phenoxy) is 1. The standard InChI is InChI=1S/C12H16N2O5/c1-13(6-7-19-2)8-9-4-3-5-10(14(17)18)11(9)12(15)16/h3-5H,6-8H2,1-2H3,(H,15,16). The van der Waals surface area contributed by atoms with Crippen LogP contribution in [-0.4, -0.2) is 48.2 Å². The second-order valence-electron chi connectivity index (χ2n) is 4.10. The van der Waals surface area contributed by atoms with Crippen molar-refractivity contribution in [1.82, 2.24) is 4.90 Å². The number of rotatable bonds is 7. The Bertz CT molecular complexity index is 475. The van der Waals surface area contributed by atoms with Crippen LogP contribution < -0.4 is 0 Å². The summed E-state index contributed by atoms with van der Waals surface area (Å²) in [6.45, 7) is 1.43. The molecule has 1 aromatic rings. The third kappa shape index (κ3) is 4.01. The highest BCUT2D eigenvalue weighted by Gasteiger charge is 2.23. The molecule has 0 amide bonds. The highest BCUT2D eigenvalue weighted by molar-refractivity contribution is 5.94. The molecule has 1 rings (SSSR count). The maximum Gasteiger partial charge on any atom is 0.343 e. The average Bonchev–Trinajstić information content (AvgIpc) is 2.35. The molecule has 0 saturated heterocycles. The van der Waals surface area contributed by atoms with Crippen LogP contribution >= 0.6 is 0 Å². The molecule has 0 radical (unpaired) electrons. The topological polar surface area (TPSA) is 92.9 Å². The van der Waals surface area contributed by atoms with Gasteiger partial charge in [-0.15, -0.1) is 0 Å². The molecule has 19 heavy (non-hydrogen) atoms. The van der Waals surface area contributed by atoms with Gasteiger partial charge in [-0.1, -0.05) is 12.1 Å². The number of nitro benzene ring substituents is 1. The molecule has 0 spiro atoms. The van der Waals surface area contributed by atoms with Gasteiger partial charge in [0.15, 0.2) is 0 Å². The molecule has 0 heterocycles. The number of carboxylic acids is 1. The molecular formula is C12H16N2O5. The fourth-order valence-electron chi connectivity index (χ4n) is 1.73. The van der Waals surface area contributed by atoms with E-state index in [1.807, 2.05) is 4.90 Å². The minimum Gasteiger partial charge on any atom is -0.477 e. The van der Waals surface area contributed by atoms with Crippen LogP contribution in [0.3, 0.4) is 0 Å². The van der Waals surface area contributed by atoms with E-state index < -0.39 is 10.9 Å². The van der Waals surface area contributed by atoms with Crippen LogP contribution in [0.2, 0.25) is 0 Å². The van der Waals surface area contributed by atoms with Gasteiger partial charge < -0.3 is 9.84 Å². The first-order valence-corrected chi connectivity index (χ1v) is 5.64. The average molecular weight is 268 g/mol. The van der Waals surface area contributed by atoms with E-state index in [9.17, 15) is 14.9 Å². The number of carbonyl (C=O) groups is 1. The number of hydrogen-bond acceptors (Lipinski definition) is 5. The zero-order valence-corrected chi connectivity index (χ0v) is 10.8. The van der Waals surface area contributed by atoms with Crippen molar-refractivity contribution in [3.05, 3.63) is 39.4 Å². The van der Waals surface area contributed by atoms with Gasteiger partial charge in [0, 0.05) is 26.3 Å². The third-order valence-electron chi connectivity index (χ3n) is 2.66. The van der Waals surface area contributed by atoms with Crippen molar-refractivity contribution in [3.8, 4) is 0 Å². The number of methoxy groups -OCH3 is 1. The highest BCUT2D eigenvalue weighted by atomic mass is 16.6. The molecule has 0 bridgehead atoms. The molecule has 1 N–H and O–H groups in total. The van der Waals surface area contributed by atoms with Crippen molar-refractivity contribution in [2.45, 2.75) is 6.54 Å². The van der Waals surface area contributed by atoms with Crippen molar-refractivity contribution in [2.75, 3.05) is 27.3 Å². The van der Waals surface area contributed by atoms with Crippen LogP contribution in [0.25, 0.3) is 0 Å². The lowest BCUT2D eigenvalue weighted by Crippen LogP contribution is -2.23. The lowest BCUT2D eigenvalue weighted by molar-refractivity contribution is -0.385. The molecule has 104 valence electrons. The largest absolute Gasteiger partial charge is 0.477 e. The van der Waals surface area contributed by atoms with Crippen molar-refractivity contribution in [3.63, 3.8) is 0 Å². The van der Waals surface area contributed by atoms with Crippen LogP contribution in [0.15, 0.2) is 18.2 Å². The molecule has 0 aliphatic carbocycles. The third-order valence-corrected chi connectivity index (χ3v) is 2.66. The predicted molar refractivity (Wildman–Crippen MR) is 68.3 cm³/mol. The van der Waals surface area contributed by atoms with Crippen molar-refractivity contribution < 1.29 is 19.6 Å². The molecular weight excluding hydrogens is 252 g/mol. The number of carboxylic acid groups (broad SMARTS) is 1. The van der Waals surface area contributed by atoms with Gasteiger partial charge in [0.05, 0.1) is 11.5 Å². The molecule has 0 fully saturated rings. The van der Waals surface area contributed by atoms with Gasteiger partial charge in [-0.05, 0) is 12.6 Å². The lowest BCUT2D eigenvalue weighted by Gasteiger charge is -2.17. The molecule has 0 unspecified atom stereocenters. The van der Waals surface area contributed by atoms with Gasteiger partial charge in [-0.3, -0.25) is 15.0 Å². The highest BCUT2D eigenvalue weighted by Crippen LogP contribution is 2.23. The first-order valence-electron chi connectivity index (χ1n) is 5.64. The van der Waals surface area contributed by atoms with E-state index in [1.165, 1.54) is 12.1 Å². The van der Waals surface area contributed by atoms with E-state index in [2.05, 4.69) is 0 Å². The lowest BCUT2D eigenvalue weighted by atomic mass is 10.0. The molecule has 0 aliphatic heterocycles. The van der Waals surface area contributed by atoms with Gasteiger partial charge in [-0.2, -0.15) is 0 Å². The summed E-state index contributed by atoms with van der Waals surface area (Å²) in [5.74, 6) is -1.29.